The predicted molar refractivity (Wildman–Crippen MR) is 71.1 cm³/mol. The molecule has 0 unspecified atom stereocenters. The van der Waals surface area contributed by atoms with E-state index in [1.165, 1.54) is 12.1 Å². The minimum absolute atomic E-state index is 0.0237. The molecule has 1 rings (SSSR count). The molecule has 7 heteroatoms. The lowest BCUT2D eigenvalue weighted by molar-refractivity contribution is 0.199. The zero-order valence-electron chi connectivity index (χ0n) is 11.1. The van der Waals surface area contributed by atoms with E-state index in [-0.39, 0.29) is 11.4 Å². The van der Waals surface area contributed by atoms with Crippen LogP contribution < -0.4 is 10.0 Å². The maximum atomic E-state index is 13.1. The zero-order chi connectivity index (χ0) is 14.3. The molecular weight excluding hydrogens is 271 g/mol. The minimum atomic E-state index is -3.67. The summed E-state index contributed by atoms with van der Waals surface area (Å²) in [6.07, 6.45) is 0. The summed E-state index contributed by atoms with van der Waals surface area (Å²) in [6, 6.07) is 3.71. The van der Waals surface area contributed by atoms with Crippen LogP contribution in [0.1, 0.15) is 5.56 Å². The van der Waals surface area contributed by atoms with E-state index in [4.69, 9.17) is 4.74 Å². The highest BCUT2D eigenvalue weighted by Crippen LogP contribution is 2.15. The number of aryl methyl sites for hydroxylation is 1. The second kappa shape index (κ2) is 7.54. The van der Waals surface area contributed by atoms with Gasteiger partial charge in [0, 0.05) is 26.7 Å². The topological polar surface area (TPSA) is 67.4 Å². The van der Waals surface area contributed by atoms with Crippen LogP contribution >= 0.6 is 0 Å². The average molecular weight is 290 g/mol. The molecule has 1 aromatic rings. The van der Waals surface area contributed by atoms with Gasteiger partial charge in [0.2, 0.25) is 10.0 Å². The molecule has 0 bridgehead atoms. The van der Waals surface area contributed by atoms with E-state index in [1.54, 1.807) is 14.0 Å². The summed E-state index contributed by atoms with van der Waals surface area (Å²) in [5, 5.41) is 3.01. The molecule has 19 heavy (non-hydrogen) atoms. The monoisotopic (exact) mass is 290 g/mol. The standard InChI is InChI=1S/C12H19FN2O3S/c1-10-3-4-11(13)9-12(10)19(16,17)15-6-5-14-7-8-18-2/h3-4,9,14-15H,5-8H2,1-2H3. The lowest BCUT2D eigenvalue weighted by Gasteiger charge is -2.10. The smallest absolute Gasteiger partial charge is 0.240 e. The Kier molecular flexibility index (Phi) is 6.36. The van der Waals surface area contributed by atoms with Gasteiger partial charge in [0.15, 0.2) is 0 Å². The van der Waals surface area contributed by atoms with Crippen molar-refractivity contribution in [3.05, 3.63) is 29.6 Å². The Bertz CT molecular complexity index is 506. The van der Waals surface area contributed by atoms with Crippen molar-refractivity contribution < 1.29 is 17.5 Å². The molecule has 0 saturated heterocycles. The van der Waals surface area contributed by atoms with Crippen molar-refractivity contribution in [2.24, 2.45) is 0 Å². The lowest BCUT2D eigenvalue weighted by Crippen LogP contribution is -2.33. The van der Waals surface area contributed by atoms with E-state index < -0.39 is 15.8 Å². The number of benzene rings is 1. The first-order chi connectivity index (χ1) is 8.97. The SMILES string of the molecule is COCCNCCNS(=O)(=O)c1cc(F)ccc1C. The summed E-state index contributed by atoms with van der Waals surface area (Å²) >= 11 is 0. The van der Waals surface area contributed by atoms with E-state index in [0.717, 1.165) is 6.07 Å². The molecule has 2 N–H and O–H groups in total. The lowest BCUT2D eigenvalue weighted by atomic mass is 10.2. The molecule has 0 heterocycles. The van der Waals surface area contributed by atoms with Crippen molar-refractivity contribution in [1.29, 1.82) is 0 Å². The van der Waals surface area contributed by atoms with Crippen LogP contribution in [0.3, 0.4) is 0 Å². The van der Waals surface area contributed by atoms with Crippen molar-refractivity contribution in [3.63, 3.8) is 0 Å². The molecule has 5 nitrogen and oxygen atoms in total. The molecule has 0 radical (unpaired) electrons. The summed E-state index contributed by atoms with van der Waals surface area (Å²) < 4.78 is 44.3. The first-order valence-electron chi connectivity index (χ1n) is 5.93. The third-order valence-electron chi connectivity index (χ3n) is 2.52. The van der Waals surface area contributed by atoms with E-state index in [1.807, 2.05) is 0 Å². The molecule has 108 valence electrons. The molecule has 0 fully saturated rings. The molecule has 0 saturated carbocycles. The Morgan fingerprint density at radius 2 is 2.00 bits per heavy atom. The first-order valence-corrected chi connectivity index (χ1v) is 7.41. The van der Waals surface area contributed by atoms with Crippen molar-refractivity contribution in [3.8, 4) is 0 Å². The van der Waals surface area contributed by atoms with E-state index in [9.17, 15) is 12.8 Å². The number of sulfonamides is 1. The van der Waals surface area contributed by atoms with Crippen LogP contribution in [-0.2, 0) is 14.8 Å². The van der Waals surface area contributed by atoms with E-state index in [2.05, 4.69) is 10.0 Å². The van der Waals surface area contributed by atoms with Gasteiger partial charge in [-0.15, -0.1) is 0 Å². The molecule has 0 aliphatic heterocycles. The molecule has 0 atom stereocenters. The van der Waals surface area contributed by atoms with Gasteiger partial charge >= 0.3 is 0 Å². The number of halogens is 1. The fourth-order valence-electron chi connectivity index (χ4n) is 1.51. The van der Waals surface area contributed by atoms with Gasteiger partial charge in [0.25, 0.3) is 0 Å². The Morgan fingerprint density at radius 3 is 2.68 bits per heavy atom. The molecule has 0 aromatic heterocycles. The molecule has 0 aliphatic carbocycles. The van der Waals surface area contributed by atoms with E-state index in [0.29, 0.717) is 25.3 Å². The van der Waals surface area contributed by atoms with Gasteiger partial charge in [-0.3, -0.25) is 0 Å². The van der Waals surface area contributed by atoms with Crippen molar-refractivity contribution in [2.75, 3.05) is 33.4 Å². The van der Waals surface area contributed by atoms with Gasteiger partial charge in [-0.1, -0.05) is 6.07 Å². The van der Waals surface area contributed by atoms with Crippen LogP contribution in [0.4, 0.5) is 4.39 Å². The molecule has 0 amide bonds. The van der Waals surface area contributed by atoms with Crippen LogP contribution in [0, 0.1) is 12.7 Å². The largest absolute Gasteiger partial charge is 0.383 e. The molecular formula is C12H19FN2O3S. The van der Waals surface area contributed by atoms with Crippen LogP contribution in [-0.4, -0.2) is 41.8 Å². The highest BCUT2D eigenvalue weighted by atomic mass is 32.2. The zero-order valence-corrected chi connectivity index (χ0v) is 11.9. The van der Waals surface area contributed by atoms with Crippen molar-refractivity contribution in [1.82, 2.24) is 10.0 Å². The summed E-state index contributed by atoms with van der Waals surface area (Å²) in [6.45, 7) is 3.57. The number of hydrogen-bond acceptors (Lipinski definition) is 4. The third-order valence-corrected chi connectivity index (χ3v) is 4.12. The number of rotatable bonds is 8. The van der Waals surface area contributed by atoms with Gasteiger partial charge < -0.3 is 10.1 Å². The molecule has 0 aliphatic rings. The average Bonchev–Trinajstić information content (AvgIpc) is 2.36. The summed E-state index contributed by atoms with van der Waals surface area (Å²) in [5.41, 5.74) is 0.515. The van der Waals surface area contributed by atoms with Crippen LogP contribution in [0.2, 0.25) is 0 Å². The second-order valence-electron chi connectivity index (χ2n) is 4.05. The number of ether oxygens (including phenoxy) is 1. The molecule has 1 aromatic carbocycles. The Morgan fingerprint density at radius 1 is 1.26 bits per heavy atom. The van der Waals surface area contributed by atoms with Gasteiger partial charge in [-0.05, 0) is 24.6 Å². The summed E-state index contributed by atoms with van der Waals surface area (Å²) in [7, 11) is -2.07. The number of nitrogens with one attached hydrogen (secondary N) is 2. The summed E-state index contributed by atoms with van der Waals surface area (Å²) in [4.78, 5) is -0.0237. The summed E-state index contributed by atoms with van der Waals surface area (Å²) in [5.74, 6) is -0.566. The predicted octanol–water partition coefficient (Wildman–Crippen LogP) is 0.648. The second-order valence-corrected chi connectivity index (χ2v) is 5.79. The highest BCUT2D eigenvalue weighted by molar-refractivity contribution is 7.89. The van der Waals surface area contributed by atoms with E-state index >= 15 is 0 Å². The van der Waals surface area contributed by atoms with Crippen LogP contribution in [0.25, 0.3) is 0 Å². The third kappa shape index (κ3) is 5.23. The fourth-order valence-corrected chi connectivity index (χ4v) is 2.80. The van der Waals surface area contributed by atoms with Gasteiger partial charge in [-0.2, -0.15) is 0 Å². The first kappa shape index (κ1) is 16.0. The maximum absolute atomic E-state index is 13.1. The highest BCUT2D eigenvalue weighted by Gasteiger charge is 2.16. The number of hydrogen-bond donors (Lipinski definition) is 2. The Balaban J connectivity index is 2.54. The Labute approximate surface area is 113 Å². The fraction of sp³-hybridized carbons (Fsp3) is 0.500. The maximum Gasteiger partial charge on any atom is 0.240 e. The van der Waals surface area contributed by atoms with Gasteiger partial charge in [-0.25, -0.2) is 17.5 Å². The van der Waals surface area contributed by atoms with Crippen LogP contribution in [0.15, 0.2) is 23.1 Å². The van der Waals surface area contributed by atoms with Gasteiger partial charge in [0.1, 0.15) is 5.82 Å². The Hall–Kier alpha value is -1.02. The van der Waals surface area contributed by atoms with Gasteiger partial charge in [0.05, 0.1) is 11.5 Å². The minimum Gasteiger partial charge on any atom is -0.383 e. The number of methoxy groups -OCH3 is 1. The van der Waals surface area contributed by atoms with Crippen LogP contribution in [0.5, 0.6) is 0 Å². The molecule has 0 spiro atoms. The van der Waals surface area contributed by atoms with Crippen molar-refractivity contribution in [2.45, 2.75) is 11.8 Å². The van der Waals surface area contributed by atoms with Crippen molar-refractivity contribution >= 4 is 10.0 Å². The normalized spacial score (nSPS) is 11.7. The quantitative estimate of drug-likeness (QED) is 0.690.